The number of nitrogens with zero attached hydrogens (tertiary/aromatic N) is 2. The molecule has 0 spiro atoms. The van der Waals surface area contributed by atoms with E-state index in [9.17, 15) is 0 Å². The summed E-state index contributed by atoms with van der Waals surface area (Å²) in [4.78, 5) is 4.58. The summed E-state index contributed by atoms with van der Waals surface area (Å²) in [7, 11) is 0. The van der Waals surface area contributed by atoms with Crippen LogP contribution in [0.4, 0.5) is 5.95 Å². The number of anilines is 1. The minimum atomic E-state index is 0.479. The van der Waals surface area contributed by atoms with Gasteiger partial charge in [-0.3, -0.25) is 0 Å². The van der Waals surface area contributed by atoms with Crippen molar-refractivity contribution in [3.63, 3.8) is 0 Å². The summed E-state index contributed by atoms with van der Waals surface area (Å²) in [6, 6.07) is 1.11. The molecule has 0 unspecified atom stereocenters. The summed E-state index contributed by atoms with van der Waals surface area (Å²) in [5.41, 5.74) is 1.10. The van der Waals surface area contributed by atoms with Crippen molar-refractivity contribution in [1.29, 1.82) is 0 Å². The number of imidazole rings is 1. The highest BCUT2D eigenvalue weighted by atomic mass is 15.2. The van der Waals surface area contributed by atoms with Crippen molar-refractivity contribution in [3.05, 3.63) is 11.9 Å². The maximum atomic E-state index is 4.58. The summed E-state index contributed by atoms with van der Waals surface area (Å²) in [6.45, 7) is 6.46. The molecule has 0 aromatic carbocycles. The van der Waals surface area contributed by atoms with Gasteiger partial charge in [0.05, 0.1) is 5.69 Å². The van der Waals surface area contributed by atoms with Gasteiger partial charge in [-0.1, -0.05) is 19.3 Å². The topological polar surface area (TPSA) is 29.9 Å². The Balaban J connectivity index is 2.07. The van der Waals surface area contributed by atoms with Gasteiger partial charge >= 0.3 is 0 Å². The third-order valence-electron chi connectivity index (χ3n) is 3.35. The second-order valence-corrected chi connectivity index (χ2v) is 5.19. The summed E-state index contributed by atoms with van der Waals surface area (Å²) >= 11 is 0. The number of aryl methyl sites for hydroxylation is 1. The summed E-state index contributed by atoms with van der Waals surface area (Å²) < 4.78 is 2.24. The molecule has 0 saturated heterocycles. The van der Waals surface area contributed by atoms with Gasteiger partial charge in [-0.25, -0.2) is 4.98 Å². The first-order valence-corrected chi connectivity index (χ1v) is 6.49. The molecule has 0 aliphatic heterocycles. The molecule has 1 saturated carbocycles. The van der Waals surface area contributed by atoms with Gasteiger partial charge in [0.2, 0.25) is 5.95 Å². The van der Waals surface area contributed by atoms with E-state index in [0.717, 1.165) is 11.6 Å². The second kappa shape index (κ2) is 4.89. The van der Waals surface area contributed by atoms with E-state index in [-0.39, 0.29) is 0 Å². The molecule has 1 heterocycles. The first-order valence-electron chi connectivity index (χ1n) is 6.49. The maximum absolute atomic E-state index is 4.58. The standard InChI is InChI=1S/C13H23N3/c1-10(2)16-9-11(3)14-13(16)15-12-7-5-4-6-8-12/h9-10,12H,4-8H2,1-3H3,(H,14,15). The SMILES string of the molecule is Cc1cn(C(C)C)c(NC2CCCCC2)n1. The highest BCUT2D eigenvalue weighted by molar-refractivity contribution is 5.31. The van der Waals surface area contributed by atoms with Crippen LogP contribution in [0, 0.1) is 6.92 Å². The van der Waals surface area contributed by atoms with Gasteiger partial charge in [0, 0.05) is 18.3 Å². The molecule has 90 valence electrons. The summed E-state index contributed by atoms with van der Waals surface area (Å²) in [6.07, 6.45) is 8.84. The van der Waals surface area contributed by atoms with Crippen molar-refractivity contribution in [3.8, 4) is 0 Å². The van der Waals surface area contributed by atoms with Gasteiger partial charge in [0.25, 0.3) is 0 Å². The van der Waals surface area contributed by atoms with Crippen LogP contribution in [-0.2, 0) is 0 Å². The molecule has 1 fully saturated rings. The van der Waals surface area contributed by atoms with Gasteiger partial charge in [-0.05, 0) is 33.6 Å². The van der Waals surface area contributed by atoms with E-state index in [1.54, 1.807) is 0 Å². The average Bonchev–Trinajstić information content (AvgIpc) is 2.61. The molecule has 1 aromatic rings. The molecule has 0 radical (unpaired) electrons. The van der Waals surface area contributed by atoms with Crippen molar-refractivity contribution < 1.29 is 0 Å². The zero-order valence-electron chi connectivity index (χ0n) is 10.7. The lowest BCUT2D eigenvalue weighted by Gasteiger charge is -2.24. The maximum Gasteiger partial charge on any atom is 0.203 e. The van der Waals surface area contributed by atoms with Gasteiger partial charge in [-0.15, -0.1) is 0 Å². The molecule has 1 aromatic heterocycles. The van der Waals surface area contributed by atoms with E-state index in [2.05, 4.69) is 41.8 Å². The zero-order valence-corrected chi connectivity index (χ0v) is 10.7. The summed E-state index contributed by atoms with van der Waals surface area (Å²) in [5.74, 6) is 1.06. The molecular weight excluding hydrogens is 198 g/mol. The fourth-order valence-electron chi connectivity index (χ4n) is 2.45. The fraction of sp³-hybridized carbons (Fsp3) is 0.769. The van der Waals surface area contributed by atoms with Crippen LogP contribution < -0.4 is 5.32 Å². The van der Waals surface area contributed by atoms with Crippen LogP contribution in [0.3, 0.4) is 0 Å². The lowest BCUT2D eigenvalue weighted by Crippen LogP contribution is -2.24. The normalized spacial score (nSPS) is 18.0. The van der Waals surface area contributed by atoms with Crippen LogP contribution in [0.1, 0.15) is 57.7 Å². The Morgan fingerprint density at radius 3 is 2.62 bits per heavy atom. The van der Waals surface area contributed by atoms with E-state index < -0.39 is 0 Å². The number of aromatic nitrogens is 2. The van der Waals surface area contributed by atoms with E-state index >= 15 is 0 Å². The lowest BCUT2D eigenvalue weighted by molar-refractivity contribution is 0.457. The minimum Gasteiger partial charge on any atom is -0.353 e. The largest absolute Gasteiger partial charge is 0.353 e. The average molecular weight is 221 g/mol. The monoisotopic (exact) mass is 221 g/mol. The number of rotatable bonds is 3. The minimum absolute atomic E-state index is 0.479. The van der Waals surface area contributed by atoms with Crippen molar-refractivity contribution in [2.24, 2.45) is 0 Å². The predicted octanol–water partition coefficient (Wildman–Crippen LogP) is 3.52. The first kappa shape index (κ1) is 11.5. The van der Waals surface area contributed by atoms with E-state index in [4.69, 9.17) is 0 Å². The predicted molar refractivity (Wildman–Crippen MR) is 67.8 cm³/mol. The third-order valence-corrected chi connectivity index (χ3v) is 3.35. The molecule has 3 nitrogen and oxygen atoms in total. The first-order chi connectivity index (χ1) is 7.66. The van der Waals surface area contributed by atoms with Crippen molar-refractivity contribution in [2.45, 2.75) is 65.0 Å². The van der Waals surface area contributed by atoms with Crippen LogP contribution in [0.25, 0.3) is 0 Å². The van der Waals surface area contributed by atoms with Crippen molar-refractivity contribution >= 4 is 5.95 Å². The molecule has 1 aliphatic carbocycles. The van der Waals surface area contributed by atoms with E-state index in [1.807, 2.05) is 0 Å². The van der Waals surface area contributed by atoms with Crippen molar-refractivity contribution in [2.75, 3.05) is 5.32 Å². The molecule has 1 aliphatic rings. The molecule has 0 amide bonds. The Labute approximate surface area is 98.3 Å². The van der Waals surface area contributed by atoms with E-state index in [0.29, 0.717) is 12.1 Å². The second-order valence-electron chi connectivity index (χ2n) is 5.19. The fourth-order valence-corrected chi connectivity index (χ4v) is 2.45. The Hall–Kier alpha value is -0.990. The van der Waals surface area contributed by atoms with Crippen molar-refractivity contribution in [1.82, 2.24) is 9.55 Å². The Morgan fingerprint density at radius 2 is 2.00 bits per heavy atom. The smallest absolute Gasteiger partial charge is 0.203 e. The summed E-state index contributed by atoms with van der Waals surface area (Å²) in [5, 5.41) is 3.60. The van der Waals surface area contributed by atoms with Crippen LogP contribution in [0.2, 0.25) is 0 Å². The molecule has 0 bridgehead atoms. The van der Waals surface area contributed by atoms with Crippen LogP contribution >= 0.6 is 0 Å². The molecule has 2 rings (SSSR count). The third kappa shape index (κ3) is 2.57. The molecule has 1 N–H and O–H groups in total. The van der Waals surface area contributed by atoms with Gasteiger partial charge < -0.3 is 9.88 Å². The van der Waals surface area contributed by atoms with Gasteiger partial charge in [0.15, 0.2) is 0 Å². The number of hydrogen-bond donors (Lipinski definition) is 1. The molecular formula is C13H23N3. The Bertz CT molecular complexity index is 335. The van der Waals surface area contributed by atoms with Crippen LogP contribution in [0.5, 0.6) is 0 Å². The van der Waals surface area contributed by atoms with Gasteiger partial charge in [0.1, 0.15) is 0 Å². The van der Waals surface area contributed by atoms with Crippen LogP contribution in [0.15, 0.2) is 6.20 Å². The molecule has 0 atom stereocenters. The number of nitrogens with one attached hydrogen (secondary N) is 1. The Morgan fingerprint density at radius 1 is 1.31 bits per heavy atom. The quantitative estimate of drug-likeness (QED) is 0.846. The van der Waals surface area contributed by atoms with Gasteiger partial charge in [-0.2, -0.15) is 0 Å². The zero-order chi connectivity index (χ0) is 11.5. The molecule has 16 heavy (non-hydrogen) atoms. The highest BCUT2D eigenvalue weighted by Crippen LogP contribution is 2.23. The Kier molecular flexibility index (Phi) is 3.52. The van der Waals surface area contributed by atoms with E-state index in [1.165, 1.54) is 32.1 Å². The highest BCUT2D eigenvalue weighted by Gasteiger charge is 2.16. The lowest BCUT2D eigenvalue weighted by atomic mass is 9.96. The number of hydrogen-bond acceptors (Lipinski definition) is 2. The van der Waals surface area contributed by atoms with Crippen LogP contribution in [-0.4, -0.2) is 15.6 Å². The molecule has 3 heteroatoms.